The van der Waals surface area contributed by atoms with E-state index in [-0.39, 0.29) is 6.42 Å². The summed E-state index contributed by atoms with van der Waals surface area (Å²) < 4.78 is 39.3. The van der Waals surface area contributed by atoms with Crippen molar-refractivity contribution in [2.75, 3.05) is 7.11 Å². The number of hydrogen-bond acceptors (Lipinski definition) is 4. The van der Waals surface area contributed by atoms with E-state index in [0.29, 0.717) is 6.54 Å². The number of carboxylic acid groups (broad SMARTS) is 1. The zero-order valence-electron chi connectivity index (χ0n) is 13.4. The number of halogens is 3. The van der Waals surface area contributed by atoms with E-state index >= 15 is 0 Å². The lowest BCUT2D eigenvalue weighted by Crippen LogP contribution is -2.33. The number of hydrogen-bond donors (Lipinski definition) is 1. The molecule has 6 nitrogen and oxygen atoms in total. The summed E-state index contributed by atoms with van der Waals surface area (Å²) in [5.74, 6) is -1.96. The molecule has 0 saturated carbocycles. The highest BCUT2D eigenvalue weighted by Crippen LogP contribution is 2.23. The minimum Gasteiger partial charge on any atom is -0.493 e. The Hall–Kier alpha value is -2.97. The lowest BCUT2D eigenvalue weighted by atomic mass is 10.2. The van der Waals surface area contributed by atoms with Crippen LogP contribution in [0.4, 0.5) is 13.2 Å². The second kappa shape index (κ2) is 9.36. The van der Waals surface area contributed by atoms with Gasteiger partial charge in [0.15, 0.2) is 24.7 Å². The predicted octanol–water partition coefficient (Wildman–Crippen LogP) is 2.61. The third kappa shape index (κ3) is 7.42. The average molecular weight is 356 g/mol. The van der Waals surface area contributed by atoms with Crippen LogP contribution in [-0.2, 0) is 16.1 Å². The molecule has 0 aliphatic carbocycles. The van der Waals surface area contributed by atoms with Gasteiger partial charge in [-0.15, -0.1) is 0 Å². The summed E-state index contributed by atoms with van der Waals surface area (Å²) in [7, 11) is 0.926. The van der Waals surface area contributed by atoms with Gasteiger partial charge in [-0.25, -0.2) is 4.57 Å². The maximum absolute atomic E-state index is 11.2. The van der Waals surface area contributed by atoms with E-state index in [1.54, 1.807) is 18.6 Å². The Kier molecular flexibility index (Phi) is 7.51. The van der Waals surface area contributed by atoms with Crippen molar-refractivity contribution in [3.05, 3.63) is 55.5 Å². The fourth-order valence-corrected chi connectivity index (χ4v) is 1.57. The first-order valence-corrected chi connectivity index (χ1v) is 7.01. The Labute approximate surface area is 142 Å². The maximum Gasteiger partial charge on any atom is 0.448 e. The van der Waals surface area contributed by atoms with Gasteiger partial charge in [0, 0.05) is 30.1 Å². The van der Waals surface area contributed by atoms with Crippen molar-refractivity contribution in [1.29, 1.82) is 0 Å². The van der Waals surface area contributed by atoms with Crippen LogP contribution in [0.25, 0.3) is 11.3 Å². The molecule has 0 bridgehead atoms. The van der Waals surface area contributed by atoms with Crippen LogP contribution >= 0.6 is 0 Å². The molecular formula is C16H17F3N3O3+. The highest BCUT2D eigenvalue weighted by atomic mass is 19.4. The van der Waals surface area contributed by atoms with E-state index in [4.69, 9.17) is 5.11 Å². The van der Waals surface area contributed by atoms with Crippen LogP contribution in [0.15, 0.2) is 55.5 Å². The Morgan fingerprint density at radius 3 is 2.36 bits per heavy atom. The normalized spacial score (nSPS) is 10.4. The summed E-state index contributed by atoms with van der Waals surface area (Å²) in [6.45, 7) is 3.07. The van der Waals surface area contributed by atoms with Gasteiger partial charge in [0.2, 0.25) is 0 Å². The van der Waals surface area contributed by atoms with Crippen LogP contribution in [0.3, 0.4) is 0 Å². The summed E-state index contributed by atoms with van der Waals surface area (Å²) >= 11 is 0. The highest BCUT2D eigenvalue weighted by Gasteiger charge is 2.33. The number of ether oxygens (including phenoxy) is 1. The van der Waals surface area contributed by atoms with Crippen molar-refractivity contribution >= 4 is 5.97 Å². The molecule has 1 N–H and O–H groups in total. The van der Waals surface area contributed by atoms with E-state index in [1.807, 2.05) is 29.1 Å². The summed E-state index contributed by atoms with van der Waals surface area (Å²) in [6, 6.07) is 3.79. The molecule has 9 heteroatoms. The van der Waals surface area contributed by atoms with Gasteiger partial charge in [0.25, 0.3) is 0 Å². The van der Waals surface area contributed by atoms with Crippen LogP contribution in [0.5, 0.6) is 0 Å². The van der Waals surface area contributed by atoms with Gasteiger partial charge >= 0.3 is 12.1 Å². The SMILES string of the molecule is C=C(OC)C(F)(F)F.O=C(O)CC[n+]1ccc(-c2cnccn2)cc1. The predicted molar refractivity (Wildman–Crippen MR) is 82.1 cm³/mol. The first-order valence-electron chi connectivity index (χ1n) is 7.01. The number of allylic oxidation sites excluding steroid dienone is 1. The number of aromatic nitrogens is 3. The molecule has 25 heavy (non-hydrogen) atoms. The molecule has 0 aromatic carbocycles. The van der Waals surface area contributed by atoms with Gasteiger partial charge in [0.1, 0.15) is 6.42 Å². The largest absolute Gasteiger partial charge is 0.493 e. The van der Waals surface area contributed by atoms with E-state index < -0.39 is 17.9 Å². The molecule has 0 aliphatic rings. The third-order valence-electron chi connectivity index (χ3n) is 2.90. The quantitative estimate of drug-likeness (QED) is 0.658. The number of aryl methyl sites for hydroxylation is 1. The molecule has 0 saturated heterocycles. The Morgan fingerprint density at radius 1 is 1.32 bits per heavy atom. The number of carboxylic acids is 1. The topological polar surface area (TPSA) is 76.2 Å². The number of carbonyl (C=O) groups is 1. The Balaban J connectivity index is 0.000000333. The van der Waals surface area contributed by atoms with Crippen LogP contribution in [0.2, 0.25) is 0 Å². The summed E-state index contributed by atoms with van der Waals surface area (Å²) in [6.07, 6.45) is 4.35. The molecule has 0 atom stereocenters. The molecule has 2 rings (SSSR count). The van der Waals surface area contributed by atoms with Gasteiger partial charge in [-0.3, -0.25) is 14.8 Å². The lowest BCUT2D eigenvalue weighted by Gasteiger charge is -2.06. The second-order valence-corrected chi connectivity index (χ2v) is 4.68. The van der Waals surface area contributed by atoms with Gasteiger partial charge in [-0.05, 0) is 0 Å². The molecule has 2 aromatic rings. The third-order valence-corrected chi connectivity index (χ3v) is 2.90. The molecule has 2 aromatic heterocycles. The van der Waals surface area contributed by atoms with Gasteiger partial charge < -0.3 is 9.84 Å². The van der Waals surface area contributed by atoms with Crippen molar-refractivity contribution in [3.8, 4) is 11.3 Å². The second-order valence-electron chi connectivity index (χ2n) is 4.68. The molecule has 0 amide bonds. The first-order chi connectivity index (χ1) is 11.7. The van der Waals surface area contributed by atoms with E-state index in [9.17, 15) is 18.0 Å². The first kappa shape index (κ1) is 20.1. The van der Waals surface area contributed by atoms with Crippen molar-refractivity contribution in [2.45, 2.75) is 19.1 Å². The molecule has 0 aliphatic heterocycles. The van der Waals surface area contributed by atoms with Gasteiger partial charge in [-0.2, -0.15) is 13.2 Å². The van der Waals surface area contributed by atoms with Crippen LogP contribution in [0, 0.1) is 0 Å². The maximum atomic E-state index is 11.2. The smallest absolute Gasteiger partial charge is 0.448 e. The highest BCUT2D eigenvalue weighted by molar-refractivity contribution is 5.66. The molecule has 0 radical (unpaired) electrons. The molecular weight excluding hydrogens is 339 g/mol. The molecule has 0 fully saturated rings. The van der Waals surface area contributed by atoms with Crippen molar-refractivity contribution in [2.24, 2.45) is 0 Å². The fraction of sp³-hybridized carbons (Fsp3) is 0.250. The molecule has 0 unspecified atom stereocenters. The average Bonchev–Trinajstić information content (AvgIpc) is 2.60. The standard InChI is InChI=1S/C12H11N3O2.C4H5F3O/c16-12(17)3-8-15-6-1-10(2-7-15)11-9-13-4-5-14-11;1-3(8-2)4(5,6)7/h1-2,4-7,9H,3,8H2;1H2,2H3/p+1. The van der Waals surface area contributed by atoms with Gasteiger partial charge in [0.05, 0.1) is 19.0 Å². The molecule has 134 valence electrons. The van der Waals surface area contributed by atoms with E-state index in [2.05, 4.69) is 21.3 Å². The van der Waals surface area contributed by atoms with Gasteiger partial charge in [-0.1, -0.05) is 6.58 Å². The number of nitrogens with zero attached hydrogens (tertiary/aromatic N) is 3. The molecule has 2 heterocycles. The summed E-state index contributed by atoms with van der Waals surface area (Å²) in [5, 5.41) is 8.58. The number of rotatable bonds is 5. The number of methoxy groups -OCH3 is 1. The molecule has 0 spiro atoms. The summed E-state index contributed by atoms with van der Waals surface area (Å²) in [4.78, 5) is 18.6. The monoisotopic (exact) mass is 356 g/mol. The van der Waals surface area contributed by atoms with E-state index in [1.165, 1.54) is 0 Å². The van der Waals surface area contributed by atoms with E-state index in [0.717, 1.165) is 18.4 Å². The lowest BCUT2D eigenvalue weighted by molar-refractivity contribution is -0.695. The summed E-state index contributed by atoms with van der Waals surface area (Å²) in [5.41, 5.74) is 1.77. The Bertz CT molecular complexity index is 689. The van der Waals surface area contributed by atoms with Crippen LogP contribution < -0.4 is 4.57 Å². The van der Waals surface area contributed by atoms with Crippen molar-refractivity contribution < 1.29 is 32.4 Å². The zero-order chi connectivity index (χ0) is 18.9. The minimum absolute atomic E-state index is 0.120. The van der Waals surface area contributed by atoms with Crippen LogP contribution in [-0.4, -0.2) is 34.3 Å². The van der Waals surface area contributed by atoms with Crippen molar-refractivity contribution in [1.82, 2.24) is 9.97 Å². The Morgan fingerprint density at radius 2 is 1.96 bits per heavy atom. The number of alkyl halides is 3. The van der Waals surface area contributed by atoms with Crippen molar-refractivity contribution in [3.63, 3.8) is 0 Å². The number of pyridine rings is 1. The minimum atomic E-state index is -4.41. The fourth-order valence-electron chi connectivity index (χ4n) is 1.57. The number of aliphatic carboxylic acids is 1. The van der Waals surface area contributed by atoms with Crippen LogP contribution in [0.1, 0.15) is 6.42 Å². The zero-order valence-corrected chi connectivity index (χ0v) is 13.4.